The molecule has 8 aromatic carbocycles. The van der Waals surface area contributed by atoms with Crippen LogP contribution in [0.2, 0.25) is 0 Å². The first kappa shape index (κ1) is 15.8. The van der Waals surface area contributed by atoms with Crippen LogP contribution in [0, 0.1) is 0 Å². The van der Waals surface area contributed by atoms with E-state index in [0.717, 1.165) is 0 Å². The molecule has 0 aliphatic heterocycles. The molecule has 3 heteroatoms. The van der Waals surface area contributed by atoms with Crippen molar-refractivity contribution in [3.8, 4) is 33.6 Å². The van der Waals surface area contributed by atoms with Crippen LogP contribution in [0.15, 0.2) is 186 Å². The smallest absolute Gasteiger partial charge is 0.136 e. The maximum atomic E-state index is 10.0. The Balaban J connectivity index is 1.30. The van der Waals surface area contributed by atoms with Gasteiger partial charge in [0.15, 0.2) is 0 Å². The molecule has 0 bridgehead atoms. The summed E-state index contributed by atoms with van der Waals surface area (Å²) in [7, 11) is 0. The molecule has 0 aliphatic rings. The number of para-hydroxylation sites is 4. The highest BCUT2D eigenvalue weighted by Crippen LogP contribution is 2.42. The van der Waals surface area contributed by atoms with E-state index in [1.165, 1.54) is 47.0 Å². The minimum Gasteiger partial charge on any atom is -0.456 e. The van der Waals surface area contributed by atoms with Gasteiger partial charge in [0, 0.05) is 49.3 Å². The van der Waals surface area contributed by atoms with Gasteiger partial charge in [0.05, 0.1) is 46.7 Å². The van der Waals surface area contributed by atoms with Gasteiger partial charge in [-0.15, -0.1) is 0 Å². The van der Waals surface area contributed by atoms with Gasteiger partial charge in [0.1, 0.15) is 11.2 Å². The molecule has 51 heavy (non-hydrogen) atoms. The first-order chi connectivity index (χ1) is 32.8. The van der Waals surface area contributed by atoms with Gasteiger partial charge in [-0.05, 0) is 77.2 Å². The Bertz CT molecular complexity index is 4180. The van der Waals surface area contributed by atoms with E-state index in [1.54, 1.807) is 34.9 Å². The molecule has 3 aromatic heterocycles. The summed E-state index contributed by atoms with van der Waals surface area (Å²) in [6, 6.07) is 10.5. The highest BCUT2D eigenvalue weighted by Gasteiger charge is 2.19. The van der Waals surface area contributed by atoms with Gasteiger partial charge in [-0.25, -0.2) is 0 Å². The van der Waals surface area contributed by atoms with Crippen LogP contribution in [0.4, 0.5) is 0 Å². The molecule has 0 unspecified atom stereocenters. The maximum Gasteiger partial charge on any atom is 0.136 e. The van der Waals surface area contributed by atoms with Gasteiger partial charge >= 0.3 is 0 Å². The number of hydrogen-bond acceptors (Lipinski definition) is 1. The molecule has 0 radical (unpaired) electrons. The molecule has 0 saturated carbocycles. The van der Waals surface area contributed by atoms with Gasteiger partial charge in [0.2, 0.25) is 0 Å². The lowest BCUT2D eigenvalue weighted by Crippen LogP contribution is -1.95. The van der Waals surface area contributed by atoms with E-state index in [2.05, 4.69) is 0 Å². The average Bonchev–Trinajstić information content (AvgIpc) is 4.00. The Morgan fingerprint density at radius 1 is 0.431 bits per heavy atom. The third-order valence-electron chi connectivity index (χ3n) is 9.17. The van der Waals surface area contributed by atoms with E-state index in [1.807, 2.05) is 0 Å². The maximum absolute atomic E-state index is 10.0. The van der Waals surface area contributed by atoms with Crippen molar-refractivity contribution in [3.05, 3.63) is 182 Å². The van der Waals surface area contributed by atoms with Crippen molar-refractivity contribution < 1.29 is 29.1 Å². The summed E-state index contributed by atoms with van der Waals surface area (Å²) < 4.78 is 171. The molecule has 0 aliphatic carbocycles. The molecule has 0 spiro atoms. The molecule has 11 aromatic rings. The quantitative estimate of drug-likeness (QED) is 0.183. The third kappa shape index (κ3) is 4.12. The normalized spacial score (nSPS) is 16.9. The van der Waals surface area contributed by atoms with Gasteiger partial charge in [-0.2, -0.15) is 0 Å². The summed E-state index contributed by atoms with van der Waals surface area (Å²) in [6.07, 6.45) is 0. The van der Waals surface area contributed by atoms with Gasteiger partial charge in [-0.3, -0.25) is 0 Å². The number of hydrogen-bond donors (Lipinski definition) is 0. The fourth-order valence-electron chi connectivity index (χ4n) is 7.03. The second kappa shape index (κ2) is 10.8. The predicted molar refractivity (Wildman–Crippen MR) is 213 cm³/mol. The van der Waals surface area contributed by atoms with Crippen LogP contribution in [-0.2, 0) is 0 Å². The largest absolute Gasteiger partial charge is 0.456 e. The second-order valence-corrected chi connectivity index (χ2v) is 11.9. The Kier molecular flexibility index (Phi) is 3.36. The molecule has 11 rings (SSSR count). The SMILES string of the molecule is [2H]c1ccc(-c2c([2H])c([2H])c([2H])c3oc4c([2H])cc(-n5c6cc([2H])c([2H])c([2H])c6c6c([2H])c(-c7c([2H])c([2H])c([2H])c8c9c([2H])c([2H])cc([2H])c9n(-c9ccccc9)c78)cc([2H])c65)cc4c23)c([2H])c1[2H]. The zero-order valence-corrected chi connectivity index (χ0v) is 26.2. The highest BCUT2D eigenvalue weighted by atomic mass is 16.3. The van der Waals surface area contributed by atoms with E-state index < -0.39 is 60.4 Å². The van der Waals surface area contributed by atoms with Crippen molar-refractivity contribution in [2.24, 2.45) is 0 Å². The molecule has 3 heterocycles. The van der Waals surface area contributed by atoms with Crippen LogP contribution in [0.3, 0.4) is 0 Å². The Morgan fingerprint density at radius 2 is 1.25 bits per heavy atom. The molecule has 0 N–H and O–H groups in total. The fraction of sp³-hybridized carbons (Fsp3) is 0. The molecule has 238 valence electrons. The summed E-state index contributed by atoms with van der Waals surface area (Å²) in [4.78, 5) is 0. The topological polar surface area (TPSA) is 23.0 Å². The first-order valence-electron chi connectivity index (χ1n) is 25.0. The van der Waals surface area contributed by atoms with E-state index in [0.29, 0.717) is 5.69 Å². The molecule has 0 saturated heterocycles. The summed E-state index contributed by atoms with van der Waals surface area (Å²) >= 11 is 0. The molecule has 0 fully saturated rings. The van der Waals surface area contributed by atoms with E-state index in [-0.39, 0.29) is 142 Å². The number of aromatic nitrogens is 2. The van der Waals surface area contributed by atoms with Crippen molar-refractivity contribution in [2.45, 2.75) is 0 Å². The molecule has 0 atom stereocenters. The lowest BCUT2D eigenvalue weighted by molar-refractivity contribution is 0.669. The number of nitrogens with zero attached hydrogens (tertiary/aromatic N) is 2. The number of benzene rings is 8. The Hall–Kier alpha value is -6.84. The van der Waals surface area contributed by atoms with Crippen LogP contribution >= 0.6 is 0 Å². The molecule has 0 amide bonds. The average molecular weight is 669 g/mol. The fourth-order valence-corrected chi connectivity index (χ4v) is 7.03. The molecule has 3 nitrogen and oxygen atoms in total. The van der Waals surface area contributed by atoms with Crippen molar-refractivity contribution in [1.82, 2.24) is 9.13 Å². The third-order valence-corrected chi connectivity index (χ3v) is 9.17. The minimum absolute atomic E-state index is 0.00187. The zero-order valence-electron chi connectivity index (χ0n) is 44.2. The van der Waals surface area contributed by atoms with Crippen LogP contribution < -0.4 is 0 Å². The van der Waals surface area contributed by atoms with Crippen molar-refractivity contribution in [3.63, 3.8) is 0 Å². The minimum atomic E-state index is -0.591. The lowest BCUT2D eigenvalue weighted by Gasteiger charge is -2.12. The lowest BCUT2D eigenvalue weighted by atomic mass is 9.99. The van der Waals surface area contributed by atoms with Crippen LogP contribution in [0.25, 0.3) is 99.2 Å². The van der Waals surface area contributed by atoms with E-state index in [4.69, 9.17) is 20.9 Å². The summed E-state index contributed by atoms with van der Waals surface area (Å²) in [6.45, 7) is 0. The highest BCUT2D eigenvalue weighted by molar-refractivity contribution is 6.16. The van der Waals surface area contributed by atoms with Crippen LogP contribution in [0.5, 0.6) is 0 Å². The second-order valence-electron chi connectivity index (χ2n) is 11.9. The van der Waals surface area contributed by atoms with Gasteiger partial charge in [0.25, 0.3) is 0 Å². The number of furan rings is 1. The first-order valence-corrected chi connectivity index (χ1v) is 16.0. The summed E-state index contributed by atoms with van der Waals surface area (Å²) in [5.41, 5.74) is 0.177. The number of fused-ring (bicyclic) bond motifs is 9. The van der Waals surface area contributed by atoms with Crippen molar-refractivity contribution >= 4 is 65.6 Å². The Labute approximate surface area is 319 Å². The van der Waals surface area contributed by atoms with E-state index in [9.17, 15) is 8.22 Å². The predicted octanol–water partition coefficient (Wildman–Crippen LogP) is 13.1. The van der Waals surface area contributed by atoms with E-state index >= 15 is 0 Å². The van der Waals surface area contributed by atoms with Crippen molar-refractivity contribution in [2.75, 3.05) is 0 Å². The Morgan fingerprint density at radius 3 is 2.22 bits per heavy atom. The van der Waals surface area contributed by atoms with Crippen molar-refractivity contribution in [1.29, 1.82) is 0 Å². The summed E-state index contributed by atoms with van der Waals surface area (Å²) in [5.74, 6) is 0. The van der Waals surface area contributed by atoms with Crippen LogP contribution in [-0.4, -0.2) is 9.13 Å². The zero-order chi connectivity index (χ0) is 49.1. The number of rotatable bonds is 4. The molecular formula is C48H30N2O. The monoisotopic (exact) mass is 668 g/mol. The van der Waals surface area contributed by atoms with Crippen LogP contribution in [0.1, 0.15) is 24.7 Å². The molecular weight excluding hydrogens is 621 g/mol. The van der Waals surface area contributed by atoms with Gasteiger partial charge < -0.3 is 13.6 Å². The standard InChI is InChI=1S/C48H30N2O/c1-3-13-31(14-4-1)35-19-12-24-46-47(35)41-30-34(26-28-45(41)51-46)49-42-22-9-8-18-38(42)40-29-32(25-27-44(40)49)36-20-11-21-39-37-17-7-10-23-43(37)50(48(36)39)33-15-5-2-6-16-33/h1-30H/i1D,3D,7D,8D,9D,11D,12D,13D,17D,18D,19D,20D,21D,23D,24D,27D,28D,29D. The summed E-state index contributed by atoms with van der Waals surface area (Å²) in [5, 5.41) is 0.0195. The van der Waals surface area contributed by atoms with Gasteiger partial charge in [-0.1, -0.05) is 121 Å².